The average molecular weight is 223 g/mol. The van der Waals surface area contributed by atoms with Crippen LogP contribution in [-0.2, 0) is 0 Å². The fourth-order valence-corrected chi connectivity index (χ4v) is 1.18. The molecule has 0 aliphatic rings. The van der Waals surface area contributed by atoms with Crippen molar-refractivity contribution in [3.63, 3.8) is 0 Å². The summed E-state index contributed by atoms with van der Waals surface area (Å²) in [6.07, 6.45) is -0.661. The van der Waals surface area contributed by atoms with Gasteiger partial charge >= 0.3 is 0 Å². The van der Waals surface area contributed by atoms with Gasteiger partial charge in [0.1, 0.15) is 17.4 Å². The molecule has 0 aromatic heterocycles. The van der Waals surface area contributed by atoms with Crippen LogP contribution in [0.3, 0.4) is 0 Å². The predicted octanol–water partition coefficient (Wildman–Crippen LogP) is 0.817. The molecule has 1 rings (SSSR count). The van der Waals surface area contributed by atoms with Crippen LogP contribution in [0.25, 0.3) is 0 Å². The van der Waals surface area contributed by atoms with Gasteiger partial charge in [0.15, 0.2) is 0 Å². The molecule has 4 N–H and O–H groups in total. The van der Waals surface area contributed by atoms with E-state index in [0.29, 0.717) is 5.69 Å². The Balaban J connectivity index is 2.75. The largest absolute Gasteiger partial charge is 0.392 e. The third-order valence-corrected chi connectivity index (χ3v) is 2.27. The number of aliphatic hydroxyl groups excluding tert-OH is 1. The van der Waals surface area contributed by atoms with E-state index >= 15 is 0 Å². The van der Waals surface area contributed by atoms with E-state index in [2.05, 4.69) is 5.32 Å². The zero-order valence-electron chi connectivity index (χ0n) is 8.94. The van der Waals surface area contributed by atoms with Gasteiger partial charge in [0, 0.05) is 12.6 Å². The number of benzene rings is 1. The van der Waals surface area contributed by atoms with Gasteiger partial charge in [-0.2, -0.15) is 5.26 Å². The van der Waals surface area contributed by atoms with Crippen molar-refractivity contribution in [2.75, 3.05) is 11.9 Å². The van der Waals surface area contributed by atoms with Crippen LogP contribution < -0.4 is 11.1 Å². The molecule has 0 aliphatic heterocycles. The molecule has 2 atom stereocenters. The number of nitrogens with one attached hydrogen (secondary N) is 1. The molecule has 0 saturated carbocycles. The number of nitrogens with zero attached hydrogens (tertiary/aromatic N) is 1. The first-order chi connectivity index (χ1) is 7.56. The van der Waals surface area contributed by atoms with Gasteiger partial charge in [-0.3, -0.25) is 0 Å². The van der Waals surface area contributed by atoms with E-state index in [1.165, 1.54) is 12.1 Å². The highest BCUT2D eigenvalue weighted by molar-refractivity contribution is 5.57. The SMILES string of the molecule is CC(O)C(N)CNc1cccc(F)c1C#N. The van der Waals surface area contributed by atoms with Crippen molar-refractivity contribution in [3.05, 3.63) is 29.6 Å². The van der Waals surface area contributed by atoms with Crippen molar-refractivity contribution in [3.8, 4) is 6.07 Å². The fourth-order valence-electron chi connectivity index (χ4n) is 1.18. The van der Waals surface area contributed by atoms with E-state index in [4.69, 9.17) is 11.0 Å². The molecular weight excluding hydrogens is 209 g/mol. The molecule has 1 aromatic carbocycles. The number of nitriles is 1. The summed E-state index contributed by atoms with van der Waals surface area (Å²) in [6, 6.07) is 5.63. The standard InChI is InChI=1S/C11H14FN3O/c1-7(16)10(14)6-15-11-4-2-3-9(12)8(11)5-13/h2-4,7,10,15-16H,6,14H2,1H3. The van der Waals surface area contributed by atoms with Crippen LogP contribution in [0.5, 0.6) is 0 Å². The highest BCUT2D eigenvalue weighted by atomic mass is 19.1. The maximum absolute atomic E-state index is 13.2. The molecule has 1 aromatic rings. The van der Waals surface area contributed by atoms with Crippen molar-refractivity contribution < 1.29 is 9.50 Å². The lowest BCUT2D eigenvalue weighted by molar-refractivity contribution is 0.168. The second kappa shape index (κ2) is 5.45. The second-order valence-electron chi connectivity index (χ2n) is 3.56. The van der Waals surface area contributed by atoms with Crippen molar-refractivity contribution in [1.82, 2.24) is 0 Å². The van der Waals surface area contributed by atoms with Gasteiger partial charge in [-0.15, -0.1) is 0 Å². The summed E-state index contributed by atoms with van der Waals surface area (Å²) in [4.78, 5) is 0. The molecule has 0 bridgehead atoms. The van der Waals surface area contributed by atoms with Crippen molar-refractivity contribution in [2.45, 2.75) is 19.1 Å². The molecule has 0 saturated heterocycles. The first kappa shape index (κ1) is 12.4. The van der Waals surface area contributed by atoms with Crippen molar-refractivity contribution >= 4 is 5.69 Å². The molecule has 0 radical (unpaired) electrons. The van der Waals surface area contributed by atoms with Crippen LogP contribution in [0.2, 0.25) is 0 Å². The molecule has 0 aliphatic carbocycles. The highest BCUT2D eigenvalue weighted by Gasteiger charge is 2.11. The Morgan fingerprint density at radius 1 is 1.62 bits per heavy atom. The van der Waals surface area contributed by atoms with Gasteiger partial charge in [0.25, 0.3) is 0 Å². The van der Waals surface area contributed by atoms with Crippen molar-refractivity contribution in [2.24, 2.45) is 5.73 Å². The summed E-state index contributed by atoms with van der Waals surface area (Å²) in [5, 5.41) is 20.8. The second-order valence-corrected chi connectivity index (χ2v) is 3.56. The average Bonchev–Trinajstić information content (AvgIpc) is 2.25. The zero-order chi connectivity index (χ0) is 12.1. The van der Waals surface area contributed by atoms with Gasteiger partial charge in [0.05, 0.1) is 11.8 Å². The Bertz CT molecular complexity index is 401. The first-order valence-corrected chi connectivity index (χ1v) is 4.92. The summed E-state index contributed by atoms with van der Waals surface area (Å²) >= 11 is 0. The van der Waals surface area contributed by atoms with Gasteiger partial charge in [-0.05, 0) is 19.1 Å². The monoisotopic (exact) mass is 223 g/mol. The molecule has 0 spiro atoms. The number of aliphatic hydroxyl groups is 1. The molecule has 16 heavy (non-hydrogen) atoms. The molecule has 86 valence electrons. The lowest BCUT2D eigenvalue weighted by Crippen LogP contribution is -2.38. The Hall–Kier alpha value is -1.64. The Kier molecular flexibility index (Phi) is 4.23. The van der Waals surface area contributed by atoms with E-state index in [9.17, 15) is 9.50 Å². The molecule has 0 fully saturated rings. The summed E-state index contributed by atoms with van der Waals surface area (Å²) < 4.78 is 13.2. The van der Waals surface area contributed by atoms with Gasteiger partial charge in [0.2, 0.25) is 0 Å². The van der Waals surface area contributed by atoms with Gasteiger partial charge in [-0.25, -0.2) is 4.39 Å². The minimum atomic E-state index is -0.661. The predicted molar refractivity (Wildman–Crippen MR) is 59.3 cm³/mol. The normalized spacial score (nSPS) is 13.9. The van der Waals surface area contributed by atoms with Crippen LogP contribution in [0.4, 0.5) is 10.1 Å². The number of hydrogen-bond donors (Lipinski definition) is 3. The first-order valence-electron chi connectivity index (χ1n) is 4.92. The highest BCUT2D eigenvalue weighted by Crippen LogP contribution is 2.17. The lowest BCUT2D eigenvalue weighted by atomic mass is 10.1. The number of halogens is 1. The van der Waals surface area contributed by atoms with Crippen LogP contribution in [0, 0.1) is 17.1 Å². The van der Waals surface area contributed by atoms with Crippen LogP contribution >= 0.6 is 0 Å². The van der Waals surface area contributed by atoms with Crippen molar-refractivity contribution in [1.29, 1.82) is 5.26 Å². The van der Waals surface area contributed by atoms with E-state index in [1.807, 2.05) is 0 Å². The quantitative estimate of drug-likeness (QED) is 0.705. The van der Waals surface area contributed by atoms with Crippen LogP contribution in [-0.4, -0.2) is 23.8 Å². The third kappa shape index (κ3) is 2.92. The Morgan fingerprint density at radius 2 is 2.31 bits per heavy atom. The van der Waals surface area contributed by atoms with E-state index in [-0.39, 0.29) is 12.1 Å². The molecule has 5 heteroatoms. The fraction of sp³-hybridized carbons (Fsp3) is 0.364. The number of nitrogens with two attached hydrogens (primary N) is 1. The maximum atomic E-state index is 13.2. The molecular formula is C11H14FN3O. The third-order valence-electron chi connectivity index (χ3n) is 2.27. The minimum Gasteiger partial charge on any atom is -0.392 e. The van der Waals surface area contributed by atoms with Gasteiger partial charge in [-0.1, -0.05) is 6.07 Å². The Morgan fingerprint density at radius 3 is 2.88 bits per heavy atom. The summed E-state index contributed by atoms with van der Waals surface area (Å²) in [7, 11) is 0. The van der Waals surface area contributed by atoms with E-state index in [0.717, 1.165) is 0 Å². The van der Waals surface area contributed by atoms with Gasteiger partial charge < -0.3 is 16.2 Å². The lowest BCUT2D eigenvalue weighted by Gasteiger charge is -2.16. The van der Waals surface area contributed by atoms with Crippen LogP contribution in [0.1, 0.15) is 12.5 Å². The molecule has 0 heterocycles. The molecule has 2 unspecified atom stereocenters. The maximum Gasteiger partial charge on any atom is 0.143 e. The summed E-state index contributed by atoms with van der Waals surface area (Å²) in [5.74, 6) is -0.571. The summed E-state index contributed by atoms with van der Waals surface area (Å²) in [6.45, 7) is 1.85. The molecule has 0 amide bonds. The number of hydrogen-bond acceptors (Lipinski definition) is 4. The number of rotatable bonds is 4. The minimum absolute atomic E-state index is 0.0414. The number of anilines is 1. The Labute approximate surface area is 93.5 Å². The smallest absolute Gasteiger partial charge is 0.143 e. The van der Waals surface area contributed by atoms with E-state index in [1.54, 1.807) is 19.1 Å². The summed E-state index contributed by atoms with van der Waals surface area (Å²) in [5.41, 5.74) is 5.95. The van der Waals surface area contributed by atoms with Crippen LogP contribution in [0.15, 0.2) is 18.2 Å². The topological polar surface area (TPSA) is 82.1 Å². The zero-order valence-corrected chi connectivity index (χ0v) is 8.94. The van der Waals surface area contributed by atoms with E-state index < -0.39 is 18.0 Å². The molecule has 4 nitrogen and oxygen atoms in total.